The molecule has 0 aromatic carbocycles. The van der Waals surface area contributed by atoms with Gasteiger partial charge in [-0.2, -0.15) is 0 Å². The maximum Gasteiger partial charge on any atom is 0.171 e. The monoisotopic (exact) mass is 209 g/mol. The number of thiazole rings is 1. The summed E-state index contributed by atoms with van der Waals surface area (Å²) in [5.41, 5.74) is 1.30. The molecular weight excluding hydrogens is 194 g/mol. The summed E-state index contributed by atoms with van der Waals surface area (Å²) in [4.78, 5) is 16.6. The van der Waals surface area contributed by atoms with Gasteiger partial charge in [0.05, 0.1) is 15.6 Å². The molecule has 1 aromatic heterocycles. The van der Waals surface area contributed by atoms with Gasteiger partial charge in [-0.1, -0.05) is 13.8 Å². The van der Waals surface area contributed by atoms with Crippen LogP contribution in [0.2, 0.25) is 0 Å². The van der Waals surface area contributed by atoms with Crippen molar-refractivity contribution in [2.75, 3.05) is 0 Å². The highest BCUT2D eigenvalue weighted by Gasteiger charge is 2.48. The highest BCUT2D eigenvalue weighted by atomic mass is 32.1. The van der Waals surface area contributed by atoms with Crippen LogP contribution in [0, 0.1) is 12.3 Å². The second-order valence-corrected chi connectivity index (χ2v) is 5.80. The molecule has 1 aromatic rings. The van der Waals surface area contributed by atoms with Gasteiger partial charge in [0.2, 0.25) is 0 Å². The zero-order chi connectivity index (χ0) is 10.5. The Bertz CT molecular complexity index is 392. The van der Waals surface area contributed by atoms with E-state index in [0.29, 0.717) is 11.3 Å². The van der Waals surface area contributed by atoms with Crippen LogP contribution in [0.15, 0.2) is 0 Å². The summed E-state index contributed by atoms with van der Waals surface area (Å²) in [5.74, 6) is 0.726. The van der Waals surface area contributed by atoms with Gasteiger partial charge in [-0.25, -0.2) is 4.98 Å². The second kappa shape index (κ2) is 2.89. The molecule has 1 atom stereocenters. The van der Waals surface area contributed by atoms with Crippen molar-refractivity contribution in [3.05, 3.63) is 15.6 Å². The number of Topliss-reactive ketones (excluding diaryl/α,β-unsaturated/α-hetero) is 1. The fourth-order valence-electron chi connectivity index (χ4n) is 1.78. The summed E-state index contributed by atoms with van der Waals surface area (Å²) in [7, 11) is 0. The Morgan fingerprint density at radius 1 is 1.57 bits per heavy atom. The van der Waals surface area contributed by atoms with Crippen LogP contribution in [0.1, 0.15) is 53.5 Å². The number of aryl methyl sites for hydroxylation is 1. The van der Waals surface area contributed by atoms with Crippen LogP contribution in [0.4, 0.5) is 0 Å². The Balaban J connectivity index is 2.30. The Kier molecular flexibility index (Phi) is 2.03. The van der Waals surface area contributed by atoms with Gasteiger partial charge in [0.1, 0.15) is 0 Å². The van der Waals surface area contributed by atoms with E-state index < -0.39 is 0 Å². The minimum Gasteiger partial charge on any atom is -0.294 e. The number of aromatic nitrogens is 1. The van der Waals surface area contributed by atoms with E-state index >= 15 is 0 Å². The third-order valence-corrected chi connectivity index (χ3v) is 4.32. The molecule has 1 saturated carbocycles. The van der Waals surface area contributed by atoms with Crippen LogP contribution in [0.5, 0.6) is 0 Å². The third-order valence-electron chi connectivity index (χ3n) is 2.94. The molecule has 1 aliphatic rings. The molecule has 1 aliphatic carbocycles. The Labute approximate surface area is 88.4 Å². The molecule has 2 nitrogen and oxygen atoms in total. The first-order valence-electron chi connectivity index (χ1n) is 4.90. The lowest BCUT2D eigenvalue weighted by molar-refractivity contribution is 0.102. The van der Waals surface area contributed by atoms with Gasteiger partial charge in [0.15, 0.2) is 5.78 Å². The molecule has 3 heteroatoms. The molecule has 0 aliphatic heterocycles. The van der Waals surface area contributed by atoms with Gasteiger partial charge in [0, 0.05) is 12.8 Å². The lowest BCUT2D eigenvalue weighted by Gasteiger charge is -1.97. The first-order chi connectivity index (χ1) is 6.42. The van der Waals surface area contributed by atoms with Crippen LogP contribution >= 0.6 is 11.3 Å². The van der Waals surface area contributed by atoms with Gasteiger partial charge >= 0.3 is 0 Å². The van der Waals surface area contributed by atoms with E-state index in [1.807, 2.05) is 6.92 Å². The number of nitrogens with zero attached hydrogens (tertiary/aromatic N) is 1. The fourth-order valence-corrected chi connectivity index (χ4v) is 3.06. The smallest absolute Gasteiger partial charge is 0.171 e. The zero-order valence-corrected chi connectivity index (χ0v) is 9.86. The van der Waals surface area contributed by atoms with Crippen LogP contribution in [-0.4, -0.2) is 10.8 Å². The Morgan fingerprint density at radius 2 is 2.14 bits per heavy atom. The number of carbonyl (C=O) groups excluding carboxylic acids is 1. The van der Waals surface area contributed by atoms with Crippen molar-refractivity contribution in [1.29, 1.82) is 0 Å². The summed E-state index contributed by atoms with van der Waals surface area (Å²) < 4.78 is 0. The van der Waals surface area contributed by atoms with Crippen LogP contribution in [-0.2, 0) is 0 Å². The van der Waals surface area contributed by atoms with Gasteiger partial charge in [0.25, 0.3) is 0 Å². The number of rotatable bonds is 2. The van der Waals surface area contributed by atoms with Crippen molar-refractivity contribution in [3.63, 3.8) is 0 Å². The largest absolute Gasteiger partial charge is 0.294 e. The van der Waals surface area contributed by atoms with Gasteiger partial charge in [-0.05, 0) is 18.8 Å². The lowest BCUT2D eigenvalue weighted by atomic mass is 10.1. The molecule has 14 heavy (non-hydrogen) atoms. The highest BCUT2D eigenvalue weighted by molar-refractivity contribution is 7.14. The molecule has 2 rings (SSSR count). The average Bonchev–Trinajstić information content (AvgIpc) is 2.54. The number of hydrogen-bond donors (Lipinski definition) is 0. The molecule has 0 amide bonds. The van der Waals surface area contributed by atoms with E-state index in [1.165, 1.54) is 6.42 Å². The molecule has 0 bridgehead atoms. The quantitative estimate of drug-likeness (QED) is 0.700. The van der Waals surface area contributed by atoms with E-state index in [1.54, 1.807) is 18.3 Å². The van der Waals surface area contributed by atoms with E-state index in [9.17, 15) is 4.79 Å². The first-order valence-corrected chi connectivity index (χ1v) is 5.72. The summed E-state index contributed by atoms with van der Waals surface area (Å²) in [5, 5.41) is 1.15. The SMILES string of the molecule is CC(=O)c1sc(C2CC2(C)C)nc1C. The van der Waals surface area contributed by atoms with E-state index in [4.69, 9.17) is 0 Å². The van der Waals surface area contributed by atoms with Crippen molar-refractivity contribution < 1.29 is 4.79 Å². The molecule has 1 heterocycles. The number of hydrogen-bond acceptors (Lipinski definition) is 3. The van der Waals surface area contributed by atoms with Gasteiger partial charge in [-0.3, -0.25) is 4.79 Å². The molecule has 0 saturated heterocycles. The van der Waals surface area contributed by atoms with E-state index in [0.717, 1.165) is 15.6 Å². The molecular formula is C11H15NOS. The predicted molar refractivity (Wildman–Crippen MR) is 58.0 cm³/mol. The van der Waals surface area contributed by atoms with Crippen LogP contribution in [0.25, 0.3) is 0 Å². The van der Waals surface area contributed by atoms with Gasteiger partial charge < -0.3 is 0 Å². The molecule has 76 valence electrons. The zero-order valence-electron chi connectivity index (χ0n) is 9.05. The number of carbonyl (C=O) groups is 1. The molecule has 1 fully saturated rings. The van der Waals surface area contributed by atoms with Crippen molar-refractivity contribution in [1.82, 2.24) is 4.98 Å². The summed E-state index contributed by atoms with van der Waals surface area (Å²) in [6.07, 6.45) is 1.21. The van der Waals surface area contributed by atoms with Crippen LogP contribution in [0.3, 0.4) is 0 Å². The second-order valence-electron chi connectivity index (χ2n) is 4.77. The molecule has 1 unspecified atom stereocenters. The van der Waals surface area contributed by atoms with Crippen molar-refractivity contribution in [3.8, 4) is 0 Å². The van der Waals surface area contributed by atoms with E-state index in [-0.39, 0.29) is 5.78 Å². The summed E-state index contributed by atoms with van der Waals surface area (Å²) in [6.45, 7) is 8.04. The van der Waals surface area contributed by atoms with Gasteiger partial charge in [-0.15, -0.1) is 11.3 Å². The van der Waals surface area contributed by atoms with E-state index in [2.05, 4.69) is 18.8 Å². The normalized spacial score (nSPS) is 23.6. The minimum absolute atomic E-state index is 0.143. The Morgan fingerprint density at radius 3 is 2.50 bits per heavy atom. The molecule has 0 radical (unpaired) electrons. The summed E-state index contributed by atoms with van der Waals surface area (Å²) in [6, 6.07) is 0. The maximum absolute atomic E-state index is 11.3. The number of ketones is 1. The average molecular weight is 209 g/mol. The standard InChI is InChI=1S/C11H15NOS/c1-6-9(7(2)13)14-10(12-6)8-5-11(8,3)4/h8H,5H2,1-4H3. The molecule has 0 N–H and O–H groups in total. The first kappa shape index (κ1) is 9.84. The van der Waals surface area contributed by atoms with Crippen molar-refractivity contribution in [2.45, 2.75) is 40.0 Å². The van der Waals surface area contributed by atoms with Crippen molar-refractivity contribution >= 4 is 17.1 Å². The molecule has 0 spiro atoms. The van der Waals surface area contributed by atoms with Crippen molar-refractivity contribution in [2.24, 2.45) is 5.41 Å². The lowest BCUT2D eigenvalue weighted by Crippen LogP contribution is -1.90. The summed E-state index contributed by atoms with van der Waals surface area (Å²) >= 11 is 1.58. The minimum atomic E-state index is 0.143. The third kappa shape index (κ3) is 1.50. The fraction of sp³-hybridized carbons (Fsp3) is 0.636. The maximum atomic E-state index is 11.3. The highest BCUT2D eigenvalue weighted by Crippen LogP contribution is 2.59. The Hall–Kier alpha value is -0.700. The predicted octanol–water partition coefficient (Wildman–Crippen LogP) is 3.17. The van der Waals surface area contributed by atoms with Crippen LogP contribution < -0.4 is 0 Å². The topological polar surface area (TPSA) is 30.0 Å².